The zero-order chi connectivity index (χ0) is 19.2. The van der Waals surface area contributed by atoms with Crippen molar-refractivity contribution in [1.29, 1.82) is 0 Å². The van der Waals surface area contributed by atoms with Crippen molar-refractivity contribution in [2.24, 2.45) is 5.92 Å². The minimum Gasteiger partial charge on any atom is -0.507 e. The van der Waals surface area contributed by atoms with Crippen LogP contribution in [0.15, 0.2) is 48.5 Å². The lowest BCUT2D eigenvalue weighted by atomic mass is 9.85. The molecule has 5 nitrogen and oxygen atoms in total. The van der Waals surface area contributed by atoms with Crippen LogP contribution in [0, 0.1) is 5.92 Å². The minimum absolute atomic E-state index is 0.231. The number of piperazine rings is 1. The first kappa shape index (κ1) is 19.2. The van der Waals surface area contributed by atoms with Crippen molar-refractivity contribution in [3.8, 4) is 11.5 Å². The molecule has 4 rings (SSSR count). The number of rotatable bonds is 6. The average molecular weight is 383 g/mol. The molecule has 2 N–H and O–H groups in total. The number of nitrogens with one attached hydrogen (secondary N) is 1. The molecule has 28 heavy (non-hydrogen) atoms. The van der Waals surface area contributed by atoms with Crippen LogP contribution < -0.4 is 10.1 Å². The monoisotopic (exact) mass is 382 g/mol. The quantitative estimate of drug-likeness (QED) is 0.803. The molecule has 2 heterocycles. The Bertz CT molecular complexity index is 723. The van der Waals surface area contributed by atoms with Gasteiger partial charge in [-0.15, -0.1) is 0 Å². The van der Waals surface area contributed by atoms with E-state index in [0.717, 1.165) is 63.4 Å². The molecule has 0 aromatic heterocycles. The number of benzene rings is 2. The Labute approximate surface area is 167 Å². The number of phenols is 1. The second kappa shape index (κ2) is 9.41. The van der Waals surface area contributed by atoms with Gasteiger partial charge >= 0.3 is 0 Å². The van der Waals surface area contributed by atoms with E-state index in [1.54, 1.807) is 6.07 Å². The Morgan fingerprint density at radius 2 is 1.82 bits per heavy atom. The van der Waals surface area contributed by atoms with Gasteiger partial charge in [0.1, 0.15) is 18.1 Å². The van der Waals surface area contributed by atoms with E-state index < -0.39 is 0 Å². The maximum absolute atomic E-state index is 10.9. The maximum Gasteiger partial charge on any atom is 0.124 e. The number of nitrogens with zero attached hydrogens (tertiary/aromatic N) is 1. The summed E-state index contributed by atoms with van der Waals surface area (Å²) in [5.41, 5.74) is 2.13. The number of hydrogen-bond donors (Lipinski definition) is 2. The van der Waals surface area contributed by atoms with Gasteiger partial charge in [0.25, 0.3) is 0 Å². The van der Waals surface area contributed by atoms with Crippen molar-refractivity contribution in [2.45, 2.75) is 25.5 Å². The highest BCUT2D eigenvalue weighted by atomic mass is 16.5. The maximum atomic E-state index is 10.9. The molecular formula is C23H30N2O3. The number of aromatic hydroxyl groups is 1. The SMILES string of the molecule is Oc1cc(OCc2ccccc2)ccc1[C@H](C1CCOCC1)N1CCNCC1. The Morgan fingerprint density at radius 3 is 2.54 bits per heavy atom. The number of ether oxygens (including phenoxy) is 2. The van der Waals surface area contributed by atoms with Crippen LogP contribution in [0.3, 0.4) is 0 Å². The fourth-order valence-electron chi connectivity index (χ4n) is 4.34. The molecule has 5 heteroatoms. The average Bonchev–Trinajstić information content (AvgIpc) is 2.76. The summed E-state index contributed by atoms with van der Waals surface area (Å²) in [6.07, 6.45) is 2.08. The minimum atomic E-state index is 0.231. The number of hydrogen-bond acceptors (Lipinski definition) is 5. The summed E-state index contributed by atoms with van der Waals surface area (Å²) >= 11 is 0. The van der Waals surface area contributed by atoms with E-state index in [-0.39, 0.29) is 6.04 Å². The smallest absolute Gasteiger partial charge is 0.124 e. The molecule has 0 radical (unpaired) electrons. The Kier molecular flexibility index (Phi) is 6.47. The lowest BCUT2D eigenvalue weighted by Gasteiger charge is -2.41. The molecule has 0 saturated carbocycles. The summed E-state index contributed by atoms with van der Waals surface area (Å²) in [4.78, 5) is 2.52. The van der Waals surface area contributed by atoms with Gasteiger partial charge in [-0.1, -0.05) is 36.4 Å². The summed E-state index contributed by atoms with van der Waals surface area (Å²) in [6.45, 7) is 6.14. The third-order valence-electron chi connectivity index (χ3n) is 5.83. The summed E-state index contributed by atoms with van der Waals surface area (Å²) in [5, 5.41) is 14.3. The van der Waals surface area contributed by atoms with Crippen LogP contribution in [0.2, 0.25) is 0 Å². The van der Waals surface area contributed by atoms with Gasteiger partial charge < -0.3 is 19.9 Å². The molecule has 2 aromatic carbocycles. The zero-order valence-electron chi connectivity index (χ0n) is 16.3. The van der Waals surface area contributed by atoms with E-state index in [0.29, 0.717) is 24.0 Å². The summed E-state index contributed by atoms with van der Waals surface area (Å²) < 4.78 is 11.5. The third kappa shape index (κ3) is 4.66. The van der Waals surface area contributed by atoms with Gasteiger partial charge in [-0.05, 0) is 30.4 Å². The summed E-state index contributed by atoms with van der Waals surface area (Å²) in [6, 6.07) is 16.1. The first-order valence-corrected chi connectivity index (χ1v) is 10.3. The predicted octanol–water partition coefficient (Wildman–Crippen LogP) is 3.34. The highest BCUT2D eigenvalue weighted by Gasteiger charge is 2.32. The topological polar surface area (TPSA) is 54.0 Å². The van der Waals surface area contributed by atoms with E-state index >= 15 is 0 Å². The molecule has 2 aromatic rings. The largest absolute Gasteiger partial charge is 0.507 e. The van der Waals surface area contributed by atoms with Crippen LogP contribution in [-0.2, 0) is 11.3 Å². The van der Waals surface area contributed by atoms with Crippen LogP contribution in [0.4, 0.5) is 0 Å². The van der Waals surface area contributed by atoms with E-state index in [1.807, 2.05) is 36.4 Å². The molecule has 0 bridgehead atoms. The molecule has 0 aliphatic carbocycles. The van der Waals surface area contributed by atoms with Crippen molar-refractivity contribution in [2.75, 3.05) is 39.4 Å². The Hall–Kier alpha value is -2.08. The van der Waals surface area contributed by atoms with Crippen LogP contribution in [0.1, 0.15) is 30.0 Å². The normalized spacial score (nSPS) is 20.0. The van der Waals surface area contributed by atoms with Gasteiger partial charge in [0.2, 0.25) is 0 Å². The molecule has 2 saturated heterocycles. The lowest BCUT2D eigenvalue weighted by molar-refractivity contribution is 0.0206. The van der Waals surface area contributed by atoms with Crippen molar-refractivity contribution in [1.82, 2.24) is 10.2 Å². The summed E-state index contributed by atoms with van der Waals surface area (Å²) in [7, 11) is 0. The second-order valence-corrected chi connectivity index (χ2v) is 7.68. The molecule has 0 spiro atoms. The first-order valence-electron chi connectivity index (χ1n) is 10.3. The molecule has 150 valence electrons. The van der Waals surface area contributed by atoms with Gasteiger partial charge in [0.15, 0.2) is 0 Å². The molecule has 0 unspecified atom stereocenters. The van der Waals surface area contributed by atoms with Crippen molar-refractivity contribution in [3.05, 3.63) is 59.7 Å². The van der Waals surface area contributed by atoms with Crippen LogP contribution in [-0.4, -0.2) is 49.4 Å². The molecule has 1 atom stereocenters. The van der Waals surface area contributed by atoms with Crippen LogP contribution in [0.25, 0.3) is 0 Å². The van der Waals surface area contributed by atoms with E-state index in [1.165, 1.54) is 0 Å². The van der Waals surface area contributed by atoms with E-state index in [9.17, 15) is 5.11 Å². The standard InChI is InChI=1S/C23H30N2O3/c26-22-16-20(28-17-18-4-2-1-3-5-18)6-7-21(22)23(19-8-14-27-15-9-19)25-12-10-24-11-13-25/h1-7,16,19,23-24,26H,8-15,17H2/t23-/m0/s1. The van der Waals surface area contributed by atoms with Crippen molar-refractivity contribution < 1.29 is 14.6 Å². The molecule has 0 amide bonds. The molecule has 2 aliphatic rings. The Balaban J connectivity index is 1.52. The van der Waals surface area contributed by atoms with Gasteiger partial charge in [-0.25, -0.2) is 0 Å². The molecule has 2 fully saturated rings. The van der Waals surface area contributed by atoms with Gasteiger partial charge in [-0.3, -0.25) is 4.90 Å². The highest BCUT2D eigenvalue weighted by molar-refractivity contribution is 5.42. The van der Waals surface area contributed by atoms with Gasteiger partial charge in [-0.2, -0.15) is 0 Å². The third-order valence-corrected chi connectivity index (χ3v) is 5.83. The van der Waals surface area contributed by atoms with Crippen molar-refractivity contribution >= 4 is 0 Å². The number of phenolic OH excluding ortho intramolecular Hbond substituents is 1. The van der Waals surface area contributed by atoms with E-state index in [2.05, 4.69) is 16.3 Å². The molecule has 2 aliphatic heterocycles. The lowest BCUT2D eigenvalue weighted by Crippen LogP contribution is -2.47. The fraction of sp³-hybridized carbons (Fsp3) is 0.478. The summed E-state index contributed by atoms with van der Waals surface area (Å²) in [5.74, 6) is 1.55. The molecular weight excluding hydrogens is 352 g/mol. The Morgan fingerprint density at radius 1 is 1.07 bits per heavy atom. The van der Waals surface area contributed by atoms with E-state index in [4.69, 9.17) is 9.47 Å². The zero-order valence-corrected chi connectivity index (χ0v) is 16.3. The van der Waals surface area contributed by atoms with Crippen molar-refractivity contribution in [3.63, 3.8) is 0 Å². The van der Waals surface area contributed by atoms with Gasteiger partial charge in [0.05, 0.1) is 0 Å². The predicted molar refractivity (Wildman–Crippen MR) is 110 cm³/mol. The highest BCUT2D eigenvalue weighted by Crippen LogP contribution is 2.40. The first-order chi connectivity index (χ1) is 13.8. The second-order valence-electron chi connectivity index (χ2n) is 7.68. The van der Waals surface area contributed by atoms with Crippen LogP contribution in [0.5, 0.6) is 11.5 Å². The fourth-order valence-corrected chi connectivity index (χ4v) is 4.34. The van der Waals surface area contributed by atoms with Crippen LogP contribution >= 0.6 is 0 Å². The van der Waals surface area contributed by atoms with Gasteiger partial charge in [0, 0.05) is 57.1 Å².